The Morgan fingerprint density at radius 2 is 1.69 bits per heavy atom. The molecule has 4 heteroatoms. The van der Waals surface area contributed by atoms with Gasteiger partial charge in [-0.2, -0.15) is 0 Å². The molecule has 0 heterocycles. The molecular formula is C28H34O3Si. The van der Waals surface area contributed by atoms with Crippen molar-refractivity contribution in [3.8, 4) is 0 Å². The van der Waals surface area contributed by atoms with Crippen molar-refractivity contribution in [2.75, 3.05) is 6.61 Å². The van der Waals surface area contributed by atoms with Gasteiger partial charge in [0, 0.05) is 24.0 Å². The summed E-state index contributed by atoms with van der Waals surface area (Å²) >= 11 is 0. The SMILES string of the molecule is C=CC(=O)OC1C2C=CC1(CCO[Si](c1ccccc1)(c1ccccc1)C(C)(C)C)CC2. The van der Waals surface area contributed by atoms with E-state index in [4.69, 9.17) is 9.16 Å². The van der Waals surface area contributed by atoms with Gasteiger partial charge in [-0.25, -0.2) is 4.79 Å². The lowest BCUT2D eigenvalue weighted by Gasteiger charge is -2.43. The molecule has 0 N–H and O–H groups in total. The summed E-state index contributed by atoms with van der Waals surface area (Å²) in [7, 11) is -2.56. The van der Waals surface area contributed by atoms with Crippen molar-refractivity contribution in [1.82, 2.24) is 0 Å². The molecule has 0 saturated heterocycles. The van der Waals surface area contributed by atoms with Crippen LogP contribution in [0.15, 0.2) is 85.5 Å². The van der Waals surface area contributed by atoms with Crippen LogP contribution in [0.2, 0.25) is 5.04 Å². The Balaban J connectivity index is 1.64. The average molecular weight is 447 g/mol. The Kier molecular flexibility index (Phi) is 6.28. The minimum absolute atomic E-state index is 0.0498. The van der Waals surface area contributed by atoms with Crippen LogP contribution in [-0.2, 0) is 14.0 Å². The van der Waals surface area contributed by atoms with Crippen LogP contribution in [0, 0.1) is 11.3 Å². The standard InChI is InChI=1S/C28H34O3Si/c1-5-25(29)31-26-22-16-18-28(26,19-17-22)20-21-30-32(27(2,3)4,23-12-8-6-9-13-23)24-14-10-7-11-15-24/h5-16,18,22,26H,1,17,19-21H2,2-4H3. The summed E-state index contributed by atoms with van der Waals surface area (Å²) in [5.41, 5.74) is -0.130. The Labute approximate surface area is 193 Å². The maximum atomic E-state index is 12.0. The predicted octanol–water partition coefficient (Wildman–Crippen LogP) is 5.02. The number of ether oxygens (including phenoxy) is 1. The molecule has 2 aromatic carbocycles. The molecule has 0 amide bonds. The minimum atomic E-state index is -2.56. The quantitative estimate of drug-likeness (QED) is 0.247. The molecule has 1 saturated carbocycles. The number of carbonyl (C=O) groups excluding carboxylic acids is 1. The van der Waals surface area contributed by atoms with E-state index >= 15 is 0 Å². The zero-order valence-corrected chi connectivity index (χ0v) is 20.4. The van der Waals surface area contributed by atoms with E-state index in [1.165, 1.54) is 16.4 Å². The molecular weight excluding hydrogens is 412 g/mol. The first-order chi connectivity index (χ1) is 15.3. The molecule has 0 radical (unpaired) electrons. The van der Waals surface area contributed by atoms with Crippen molar-refractivity contribution in [2.45, 2.75) is 51.2 Å². The van der Waals surface area contributed by atoms with E-state index in [1.54, 1.807) is 0 Å². The third-order valence-corrected chi connectivity index (χ3v) is 12.3. The molecule has 2 bridgehead atoms. The number of hydrogen-bond donors (Lipinski definition) is 0. The summed E-state index contributed by atoms with van der Waals surface area (Å²) in [5.74, 6) is -0.0188. The first kappa shape index (κ1) is 22.7. The maximum absolute atomic E-state index is 12.0. The molecule has 168 valence electrons. The number of carbonyl (C=O) groups is 1. The fourth-order valence-electron chi connectivity index (χ4n) is 5.73. The first-order valence-electron chi connectivity index (χ1n) is 11.6. The number of benzene rings is 2. The summed E-state index contributed by atoms with van der Waals surface area (Å²) in [6, 6.07) is 21.5. The highest BCUT2D eigenvalue weighted by Gasteiger charge is 2.54. The molecule has 0 spiro atoms. The van der Waals surface area contributed by atoms with E-state index < -0.39 is 8.32 Å². The minimum Gasteiger partial charge on any atom is -0.458 e. The number of fused-ring (bicyclic) bond motifs is 2. The highest BCUT2D eigenvalue weighted by atomic mass is 28.4. The van der Waals surface area contributed by atoms with E-state index in [-0.39, 0.29) is 22.5 Å². The van der Waals surface area contributed by atoms with Crippen molar-refractivity contribution in [1.29, 1.82) is 0 Å². The van der Waals surface area contributed by atoms with Gasteiger partial charge >= 0.3 is 5.97 Å². The van der Waals surface area contributed by atoms with Crippen LogP contribution in [0.3, 0.4) is 0 Å². The highest BCUT2D eigenvalue weighted by molar-refractivity contribution is 6.99. The molecule has 2 aromatic rings. The summed E-state index contributed by atoms with van der Waals surface area (Å²) in [5, 5.41) is 2.53. The summed E-state index contributed by atoms with van der Waals surface area (Å²) in [6.45, 7) is 11.1. The van der Waals surface area contributed by atoms with Gasteiger partial charge in [0.1, 0.15) is 6.10 Å². The van der Waals surface area contributed by atoms with Crippen LogP contribution in [0.25, 0.3) is 0 Å². The van der Waals surface area contributed by atoms with Crippen LogP contribution >= 0.6 is 0 Å². The Bertz CT molecular complexity index is 937. The van der Waals surface area contributed by atoms with Gasteiger partial charge in [-0.05, 0) is 34.7 Å². The van der Waals surface area contributed by atoms with E-state index in [2.05, 4.69) is 100 Å². The summed E-state index contributed by atoms with van der Waals surface area (Å²) < 4.78 is 12.9. The van der Waals surface area contributed by atoms with Gasteiger partial charge in [0.15, 0.2) is 0 Å². The molecule has 4 rings (SSSR count). The van der Waals surface area contributed by atoms with E-state index in [0.29, 0.717) is 12.5 Å². The molecule has 3 nitrogen and oxygen atoms in total. The average Bonchev–Trinajstić information content (AvgIpc) is 3.30. The van der Waals surface area contributed by atoms with Gasteiger partial charge < -0.3 is 9.16 Å². The molecule has 3 atom stereocenters. The van der Waals surface area contributed by atoms with Crippen LogP contribution in [0.4, 0.5) is 0 Å². The summed E-state index contributed by atoms with van der Waals surface area (Å²) in [6.07, 6.45) is 8.61. The number of esters is 1. The van der Waals surface area contributed by atoms with E-state index in [1.807, 2.05) is 0 Å². The monoisotopic (exact) mass is 446 g/mol. The smallest absolute Gasteiger partial charge is 0.330 e. The third-order valence-electron chi connectivity index (χ3n) is 7.29. The van der Waals surface area contributed by atoms with Crippen LogP contribution in [0.1, 0.15) is 40.0 Å². The fraction of sp³-hybridized carbons (Fsp3) is 0.393. The van der Waals surface area contributed by atoms with Gasteiger partial charge in [-0.3, -0.25) is 0 Å². The highest BCUT2D eigenvalue weighted by Crippen LogP contribution is 2.53. The van der Waals surface area contributed by atoms with Crippen LogP contribution in [0.5, 0.6) is 0 Å². The van der Waals surface area contributed by atoms with Gasteiger partial charge in [0.25, 0.3) is 8.32 Å². The van der Waals surface area contributed by atoms with E-state index in [9.17, 15) is 4.79 Å². The predicted molar refractivity (Wildman–Crippen MR) is 133 cm³/mol. The lowest BCUT2D eigenvalue weighted by molar-refractivity contribution is -0.148. The second kappa shape index (κ2) is 8.84. The molecule has 0 aliphatic heterocycles. The number of rotatable bonds is 8. The van der Waals surface area contributed by atoms with Gasteiger partial charge in [-0.1, -0.05) is 100 Å². The molecule has 1 fully saturated rings. The fourth-order valence-corrected chi connectivity index (χ4v) is 10.3. The zero-order valence-electron chi connectivity index (χ0n) is 19.4. The molecule has 2 aliphatic rings. The van der Waals surface area contributed by atoms with Crippen molar-refractivity contribution >= 4 is 24.7 Å². The maximum Gasteiger partial charge on any atom is 0.330 e. The Hall–Kier alpha value is -2.43. The Morgan fingerprint density at radius 1 is 1.09 bits per heavy atom. The van der Waals surface area contributed by atoms with Crippen molar-refractivity contribution in [2.24, 2.45) is 11.3 Å². The third kappa shape index (κ3) is 3.91. The van der Waals surface area contributed by atoms with Gasteiger partial charge in [0.05, 0.1) is 0 Å². The Morgan fingerprint density at radius 3 is 2.16 bits per heavy atom. The van der Waals surface area contributed by atoms with Crippen molar-refractivity contribution in [3.05, 3.63) is 85.5 Å². The topological polar surface area (TPSA) is 35.5 Å². The van der Waals surface area contributed by atoms with Crippen LogP contribution < -0.4 is 10.4 Å². The first-order valence-corrected chi connectivity index (χ1v) is 13.5. The second-order valence-corrected chi connectivity index (χ2v) is 14.4. The van der Waals surface area contributed by atoms with Gasteiger partial charge in [-0.15, -0.1) is 0 Å². The van der Waals surface area contributed by atoms with Crippen molar-refractivity contribution in [3.63, 3.8) is 0 Å². The normalized spacial score (nSPS) is 24.5. The molecule has 0 aromatic heterocycles. The molecule has 3 unspecified atom stereocenters. The van der Waals surface area contributed by atoms with Crippen molar-refractivity contribution < 1.29 is 14.0 Å². The largest absolute Gasteiger partial charge is 0.458 e. The summed E-state index contributed by atoms with van der Waals surface area (Å²) in [4.78, 5) is 12.0. The number of hydrogen-bond acceptors (Lipinski definition) is 3. The zero-order chi connectivity index (χ0) is 22.8. The second-order valence-electron chi connectivity index (χ2n) is 10.1. The van der Waals surface area contributed by atoms with Gasteiger partial charge in [0.2, 0.25) is 0 Å². The molecule has 2 aliphatic carbocycles. The lowest BCUT2D eigenvalue weighted by atomic mass is 9.83. The lowest BCUT2D eigenvalue weighted by Crippen LogP contribution is -2.66. The molecule has 32 heavy (non-hydrogen) atoms. The van der Waals surface area contributed by atoms with E-state index in [0.717, 1.165) is 19.3 Å². The van der Waals surface area contributed by atoms with Crippen LogP contribution in [-0.4, -0.2) is 27.0 Å².